The Bertz CT molecular complexity index is 868. The van der Waals surface area contributed by atoms with Gasteiger partial charge in [-0.15, -0.1) is 0 Å². The number of ether oxygens (including phenoxy) is 1. The van der Waals surface area contributed by atoms with Gasteiger partial charge >= 0.3 is 0 Å². The molecular formula is C21H22N4O2. The predicted octanol–water partition coefficient (Wildman–Crippen LogP) is 2.64. The maximum Gasteiger partial charge on any atom is 0.251 e. The third kappa shape index (κ3) is 4.17. The number of morpholine rings is 1. The monoisotopic (exact) mass is 362 g/mol. The predicted molar refractivity (Wildman–Crippen MR) is 104 cm³/mol. The molecule has 1 saturated heterocycles. The second-order valence-corrected chi connectivity index (χ2v) is 6.47. The minimum atomic E-state index is -0.0674. The van der Waals surface area contributed by atoms with Gasteiger partial charge in [-0.25, -0.2) is 4.98 Å². The van der Waals surface area contributed by atoms with Gasteiger partial charge in [0.2, 0.25) is 0 Å². The smallest absolute Gasteiger partial charge is 0.251 e. The van der Waals surface area contributed by atoms with Gasteiger partial charge in [0, 0.05) is 49.0 Å². The lowest BCUT2D eigenvalue weighted by atomic mass is 10.1. The van der Waals surface area contributed by atoms with Crippen LogP contribution < -0.4 is 10.2 Å². The average Bonchev–Trinajstić information content (AvgIpc) is 3.28. The first-order valence-electron chi connectivity index (χ1n) is 9.08. The SMILES string of the molecule is O=C(NCc1ccc(-n2ccnc2)cc1)c1ccc(N2CCOCC2)cc1. The van der Waals surface area contributed by atoms with E-state index in [-0.39, 0.29) is 5.91 Å². The van der Waals surface area contributed by atoms with E-state index in [1.54, 1.807) is 12.5 Å². The lowest BCUT2D eigenvalue weighted by Gasteiger charge is -2.28. The number of hydrogen-bond donors (Lipinski definition) is 1. The number of rotatable bonds is 5. The van der Waals surface area contributed by atoms with Gasteiger partial charge in [-0.1, -0.05) is 12.1 Å². The van der Waals surface area contributed by atoms with Crippen molar-refractivity contribution in [3.63, 3.8) is 0 Å². The number of aromatic nitrogens is 2. The van der Waals surface area contributed by atoms with Crippen LogP contribution in [0.3, 0.4) is 0 Å². The molecule has 0 saturated carbocycles. The summed E-state index contributed by atoms with van der Waals surface area (Å²) in [6.45, 7) is 3.78. The molecule has 0 atom stereocenters. The van der Waals surface area contributed by atoms with Crippen LogP contribution in [0.4, 0.5) is 5.69 Å². The van der Waals surface area contributed by atoms with Crippen molar-refractivity contribution in [1.82, 2.24) is 14.9 Å². The van der Waals surface area contributed by atoms with E-state index in [1.165, 1.54) is 0 Å². The van der Waals surface area contributed by atoms with Crippen molar-refractivity contribution >= 4 is 11.6 Å². The lowest BCUT2D eigenvalue weighted by Crippen LogP contribution is -2.36. The van der Waals surface area contributed by atoms with Gasteiger partial charge < -0.3 is 19.5 Å². The molecule has 0 radical (unpaired) electrons. The van der Waals surface area contributed by atoms with Gasteiger partial charge in [0.1, 0.15) is 0 Å². The number of imidazole rings is 1. The highest BCUT2D eigenvalue weighted by Crippen LogP contribution is 2.17. The van der Waals surface area contributed by atoms with Crippen molar-refractivity contribution in [2.45, 2.75) is 6.54 Å². The molecule has 2 aromatic carbocycles. The summed E-state index contributed by atoms with van der Waals surface area (Å²) in [5.74, 6) is -0.0674. The number of nitrogens with one attached hydrogen (secondary N) is 1. The first-order valence-corrected chi connectivity index (χ1v) is 9.08. The first-order chi connectivity index (χ1) is 13.3. The highest BCUT2D eigenvalue weighted by molar-refractivity contribution is 5.94. The van der Waals surface area contributed by atoms with Gasteiger partial charge in [0.15, 0.2) is 0 Å². The molecule has 1 N–H and O–H groups in total. The number of carbonyl (C=O) groups excluding carboxylic acids is 1. The van der Waals surface area contributed by atoms with E-state index < -0.39 is 0 Å². The summed E-state index contributed by atoms with van der Waals surface area (Å²) in [6.07, 6.45) is 5.41. The van der Waals surface area contributed by atoms with Crippen molar-refractivity contribution in [1.29, 1.82) is 0 Å². The van der Waals surface area contributed by atoms with E-state index in [4.69, 9.17) is 4.74 Å². The summed E-state index contributed by atoms with van der Waals surface area (Å²) in [6, 6.07) is 15.8. The summed E-state index contributed by atoms with van der Waals surface area (Å²) in [7, 11) is 0. The molecule has 6 nitrogen and oxygen atoms in total. The zero-order valence-electron chi connectivity index (χ0n) is 15.0. The number of carbonyl (C=O) groups is 1. The fourth-order valence-electron chi connectivity index (χ4n) is 3.13. The zero-order valence-corrected chi connectivity index (χ0v) is 15.0. The largest absolute Gasteiger partial charge is 0.378 e. The summed E-state index contributed by atoms with van der Waals surface area (Å²) in [5, 5.41) is 2.98. The summed E-state index contributed by atoms with van der Waals surface area (Å²) >= 11 is 0. The molecule has 138 valence electrons. The topological polar surface area (TPSA) is 59.4 Å². The Labute approximate surface area is 158 Å². The third-order valence-electron chi connectivity index (χ3n) is 4.70. The standard InChI is InChI=1S/C21H22N4O2/c26-21(18-3-7-19(8-4-18)24-11-13-27-14-12-24)23-15-17-1-5-20(6-2-17)25-10-9-22-16-25/h1-10,16H,11-15H2,(H,23,26). The molecule has 0 bridgehead atoms. The fourth-order valence-corrected chi connectivity index (χ4v) is 3.13. The number of nitrogens with zero attached hydrogens (tertiary/aromatic N) is 3. The molecule has 6 heteroatoms. The van der Waals surface area contributed by atoms with E-state index in [1.807, 2.05) is 59.3 Å². The molecule has 2 heterocycles. The Kier molecular flexibility index (Phi) is 5.16. The molecule has 1 aliphatic rings. The molecule has 1 aromatic heterocycles. The first kappa shape index (κ1) is 17.3. The number of hydrogen-bond acceptors (Lipinski definition) is 4. The second-order valence-electron chi connectivity index (χ2n) is 6.47. The van der Waals surface area contributed by atoms with E-state index in [0.717, 1.165) is 43.2 Å². The van der Waals surface area contributed by atoms with Crippen LogP contribution in [-0.4, -0.2) is 41.8 Å². The maximum absolute atomic E-state index is 12.4. The van der Waals surface area contributed by atoms with Gasteiger partial charge in [-0.05, 0) is 42.0 Å². The summed E-state index contributed by atoms with van der Waals surface area (Å²) < 4.78 is 7.32. The lowest BCUT2D eigenvalue weighted by molar-refractivity contribution is 0.0951. The van der Waals surface area contributed by atoms with E-state index in [2.05, 4.69) is 15.2 Å². The van der Waals surface area contributed by atoms with Crippen molar-refractivity contribution in [3.8, 4) is 5.69 Å². The van der Waals surface area contributed by atoms with Crippen LogP contribution in [0, 0.1) is 0 Å². The molecule has 1 aliphatic heterocycles. The Morgan fingerprint density at radius 1 is 1.00 bits per heavy atom. The molecule has 3 aromatic rings. The van der Waals surface area contributed by atoms with Crippen LogP contribution in [0.2, 0.25) is 0 Å². The second kappa shape index (κ2) is 8.05. The average molecular weight is 362 g/mol. The highest BCUT2D eigenvalue weighted by Gasteiger charge is 2.12. The van der Waals surface area contributed by atoms with Crippen LogP contribution in [0.5, 0.6) is 0 Å². The Balaban J connectivity index is 1.33. The summed E-state index contributed by atoms with van der Waals surface area (Å²) in [4.78, 5) is 18.7. The fraction of sp³-hybridized carbons (Fsp3) is 0.238. The van der Waals surface area contributed by atoms with Crippen molar-refractivity contribution in [2.75, 3.05) is 31.2 Å². The molecule has 0 unspecified atom stereocenters. The van der Waals surface area contributed by atoms with E-state index >= 15 is 0 Å². The normalized spacial score (nSPS) is 14.1. The van der Waals surface area contributed by atoms with Crippen LogP contribution in [0.25, 0.3) is 5.69 Å². The van der Waals surface area contributed by atoms with Crippen molar-refractivity contribution in [2.24, 2.45) is 0 Å². The molecule has 1 fully saturated rings. The van der Waals surface area contributed by atoms with Gasteiger partial charge in [-0.3, -0.25) is 4.79 Å². The Hall–Kier alpha value is -3.12. The maximum atomic E-state index is 12.4. The van der Waals surface area contributed by atoms with E-state index in [0.29, 0.717) is 12.1 Å². The van der Waals surface area contributed by atoms with Gasteiger partial charge in [-0.2, -0.15) is 0 Å². The number of amides is 1. The van der Waals surface area contributed by atoms with Crippen LogP contribution >= 0.6 is 0 Å². The van der Waals surface area contributed by atoms with Gasteiger partial charge in [0.25, 0.3) is 5.91 Å². The van der Waals surface area contributed by atoms with E-state index in [9.17, 15) is 4.79 Å². The van der Waals surface area contributed by atoms with Crippen LogP contribution in [-0.2, 0) is 11.3 Å². The number of anilines is 1. The Morgan fingerprint density at radius 3 is 2.37 bits per heavy atom. The molecule has 1 amide bonds. The van der Waals surface area contributed by atoms with Gasteiger partial charge in [0.05, 0.1) is 19.5 Å². The van der Waals surface area contributed by atoms with Crippen molar-refractivity contribution in [3.05, 3.63) is 78.4 Å². The molecule has 0 aliphatic carbocycles. The van der Waals surface area contributed by atoms with Crippen molar-refractivity contribution < 1.29 is 9.53 Å². The minimum Gasteiger partial charge on any atom is -0.378 e. The molecule has 27 heavy (non-hydrogen) atoms. The minimum absolute atomic E-state index is 0.0674. The van der Waals surface area contributed by atoms with Crippen LogP contribution in [0.15, 0.2) is 67.3 Å². The third-order valence-corrected chi connectivity index (χ3v) is 4.70. The highest BCUT2D eigenvalue weighted by atomic mass is 16.5. The Morgan fingerprint density at radius 2 is 1.70 bits per heavy atom. The zero-order chi connectivity index (χ0) is 18.5. The molecular weight excluding hydrogens is 340 g/mol. The quantitative estimate of drug-likeness (QED) is 0.758. The summed E-state index contributed by atoms with van der Waals surface area (Å²) in [5.41, 5.74) is 3.89. The number of benzene rings is 2. The molecule has 0 spiro atoms. The van der Waals surface area contributed by atoms with Crippen LogP contribution in [0.1, 0.15) is 15.9 Å². The molecule has 4 rings (SSSR count).